The molecule has 2 rings (SSSR count). The van der Waals surface area contributed by atoms with Crippen molar-refractivity contribution in [3.8, 4) is 0 Å². The molecule has 1 saturated heterocycles. The third-order valence-corrected chi connectivity index (χ3v) is 2.87. The first-order chi connectivity index (χ1) is 6.70. The Kier molecular flexibility index (Phi) is 2.70. The van der Waals surface area contributed by atoms with Gasteiger partial charge in [0.15, 0.2) is 11.6 Å². The maximum atomic E-state index is 10.9. The Morgan fingerprint density at radius 3 is 2.36 bits per heavy atom. The van der Waals surface area contributed by atoms with Crippen LogP contribution in [0.4, 0.5) is 0 Å². The number of hydrogen-bond acceptors (Lipinski definition) is 3. The van der Waals surface area contributed by atoms with Crippen molar-refractivity contribution in [2.45, 2.75) is 38.4 Å². The Morgan fingerprint density at radius 2 is 1.86 bits per heavy atom. The quantitative estimate of drug-likeness (QED) is 0.600. The Hall–Kier alpha value is -0.670. The van der Waals surface area contributed by atoms with Crippen molar-refractivity contribution in [1.29, 1.82) is 0 Å². The van der Waals surface area contributed by atoms with Crippen molar-refractivity contribution in [3.05, 3.63) is 11.6 Å². The summed E-state index contributed by atoms with van der Waals surface area (Å²) < 4.78 is 11.2. The Labute approximate surface area is 84.1 Å². The molecule has 2 fully saturated rings. The van der Waals surface area contributed by atoms with Crippen LogP contribution in [0.2, 0.25) is 0 Å². The van der Waals surface area contributed by atoms with Crippen LogP contribution >= 0.6 is 0 Å². The van der Waals surface area contributed by atoms with Gasteiger partial charge in [-0.1, -0.05) is 5.57 Å². The molecule has 3 nitrogen and oxygen atoms in total. The summed E-state index contributed by atoms with van der Waals surface area (Å²) in [6.45, 7) is 3.03. The monoisotopic (exact) mass is 196 g/mol. The van der Waals surface area contributed by atoms with Crippen molar-refractivity contribution < 1.29 is 14.3 Å². The van der Waals surface area contributed by atoms with Gasteiger partial charge in [0.2, 0.25) is 0 Å². The van der Waals surface area contributed by atoms with Crippen LogP contribution in [-0.4, -0.2) is 24.8 Å². The molecule has 0 bridgehead atoms. The van der Waals surface area contributed by atoms with E-state index in [9.17, 15) is 4.79 Å². The molecule has 0 aromatic rings. The second kappa shape index (κ2) is 3.83. The number of carbonyl (C=O) groups excluding carboxylic acids is 1. The van der Waals surface area contributed by atoms with Crippen LogP contribution in [0, 0.1) is 0 Å². The number of rotatable bonds is 1. The van der Waals surface area contributed by atoms with E-state index in [1.54, 1.807) is 13.0 Å². The van der Waals surface area contributed by atoms with E-state index in [2.05, 4.69) is 0 Å². The molecule has 1 aliphatic carbocycles. The molecule has 0 aromatic carbocycles. The first-order valence-corrected chi connectivity index (χ1v) is 5.18. The van der Waals surface area contributed by atoms with Crippen molar-refractivity contribution in [3.63, 3.8) is 0 Å². The average molecular weight is 196 g/mol. The molecule has 0 aromatic heterocycles. The van der Waals surface area contributed by atoms with Crippen LogP contribution in [0.3, 0.4) is 0 Å². The maximum Gasteiger partial charge on any atom is 0.169 e. The zero-order valence-electron chi connectivity index (χ0n) is 8.54. The van der Waals surface area contributed by atoms with E-state index in [1.165, 1.54) is 5.57 Å². The molecule has 3 heteroatoms. The molecule has 0 unspecified atom stereocenters. The van der Waals surface area contributed by atoms with E-state index >= 15 is 0 Å². The lowest BCUT2D eigenvalue weighted by molar-refractivity contribution is -0.171. The fourth-order valence-corrected chi connectivity index (χ4v) is 2.17. The highest BCUT2D eigenvalue weighted by molar-refractivity contribution is 5.87. The van der Waals surface area contributed by atoms with Gasteiger partial charge in [-0.3, -0.25) is 4.79 Å². The second-order valence-corrected chi connectivity index (χ2v) is 4.02. The van der Waals surface area contributed by atoms with E-state index in [1.807, 2.05) is 0 Å². The Balaban J connectivity index is 1.94. The average Bonchev–Trinajstić information content (AvgIpc) is 2.58. The predicted molar refractivity (Wildman–Crippen MR) is 51.9 cm³/mol. The van der Waals surface area contributed by atoms with Crippen LogP contribution in [0.5, 0.6) is 0 Å². The van der Waals surface area contributed by atoms with Crippen LogP contribution < -0.4 is 0 Å². The minimum atomic E-state index is -0.311. The van der Waals surface area contributed by atoms with Gasteiger partial charge in [-0.25, -0.2) is 0 Å². The summed E-state index contributed by atoms with van der Waals surface area (Å²) in [5.74, 6) is -0.169. The summed E-state index contributed by atoms with van der Waals surface area (Å²) in [7, 11) is 0. The van der Waals surface area contributed by atoms with Gasteiger partial charge in [0, 0.05) is 12.8 Å². The molecule has 0 atom stereocenters. The minimum Gasteiger partial charge on any atom is -0.348 e. The van der Waals surface area contributed by atoms with Gasteiger partial charge in [-0.2, -0.15) is 0 Å². The van der Waals surface area contributed by atoms with Crippen molar-refractivity contribution in [2.75, 3.05) is 13.2 Å². The molecular weight excluding hydrogens is 180 g/mol. The third kappa shape index (κ3) is 2.04. The van der Waals surface area contributed by atoms with E-state index in [-0.39, 0.29) is 11.6 Å². The first kappa shape index (κ1) is 9.87. The number of ketones is 1. The van der Waals surface area contributed by atoms with Crippen molar-refractivity contribution in [1.82, 2.24) is 0 Å². The van der Waals surface area contributed by atoms with Crippen LogP contribution in [-0.2, 0) is 14.3 Å². The molecule has 1 spiro atoms. The fourth-order valence-electron chi connectivity index (χ4n) is 2.17. The minimum absolute atomic E-state index is 0.143. The summed E-state index contributed by atoms with van der Waals surface area (Å²) >= 11 is 0. The summed E-state index contributed by atoms with van der Waals surface area (Å²) in [4.78, 5) is 10.9. The molecule has 1 saturated carbocycles. The summed E-state index contributed by atoms with van der Waals surface area (Å²) in [5, 5.41) is 0. The van der Waals surface area contributed by atoms with E-state index in [4.69, 9.17) is 9.47 Å². The Bertz CT molecular complexity index is 250. The SMILES string of the molecule is CC(=O)C=C1CCC2(CC1)OCCO2. The highest BCUT2D eigenvalue weighted by Crippen LogP contribution is 2.37. The summed E-state index contributed by atoms with van der Waals surface area (Å²) in [5.41, 5.74) is 1.24. The van der Waals surface area contributed by atoms with Gasteiger partial charge in [0.1, 0.15) is 0 Å². The molecule has 78 valence electrons. The van der Waals surface area contributed by atoms with Crippen molar-refractivity contribution in [2.24, 2.45) is 0 Å². The lowest BCUT2D eigenvalue weighted by Gasteiger charge is -2.32. The van der Waals surface area contributed by atoms with Gasteiger partial charge in [-0.05, 0) is 25.8 Å². The number of ether oxygens (including phenoxy) is 2. The van der Waals surface area contributed by atoms with E-state index in [0.29, 0.717) is 13.2 Å². The maximum absolute atomic E-state index is 10.9. The van der Waals surface area contributed by atoms with Crippen LogP contribution in [0.1, 0.15) is 32.6 Å². The third-order valence-electron chi connectivity index (χ3n) is 2.87. The largest absolute Gasteiger partial charge is 0.348 e. The van der Waals surface area contributed by atoms with E-state index in [0.717, 1.165) is 25.7 Å². The van der Waals surface area contributed by atoms with Crippen molar-refractivity contribution >= 4 is 5.78 Å². The molecule has 2 aliphatic rings. The zero-order chi connectivity index (χ0) is 10.0. The van der Waals surface area contributed by atoms with Gasteiger partial charge in [-0.15, -0.1) is 0 Å². The molecule has 1 heterocycles. The summed E-state index contributed by atoms with van der Waals surface area (Å²) in [6, 6.07) is 0. The highest BCUT2D eigenvalue weighted by Gasteiger charge is 2.38. The molecule has 14 heavy (non-hydrogen) atoms. The van der Waals surface area contributed by atoms with Gasteiger partial charge >= 0.3 is 0 Å². The van der Waals surface area contributed by atoms with Gasteiger partial charge in [0.05, 0.1) is 13.2 Å². The fraction of sp³-hybridized carbons (Fsp3) is 0.727. The smallest absolute Gasteiger partial charge is 0.169 e. The Morgan fingerprint density at radius 1 is 1.29 bits per heavy atom. The predicted octanol–water partition coefficient (Wildman–Crippen LogP) is 1.82. The molecule has 0 amide bonds. The lowest BCUT2D eigenvalue weighted by atomic mass is 9.89. The standard InChI is InChI=1S/C11H16O3/c1-9(12)8-10-2-4-11(5-3-10)13-6-7-14-11/h8H,2-7H2,1H3. The van der Waals surface area contributed by atoms with Gasteiger partial charge < -0.3 is 9.47 Å². The topological polar surface area (TPSA) is 35.5 Å². The molecule has 0 N–H and O–H groups in total. The summed E-state index contributed by atoms with van der Waals surface area (Å²) in [6.07, 6.45) is 5.40. The van der Waals surface area contributed by atoms with E-state index < -0.39 is 0 Å². The van der Waals surface area contributed by atoms with Gasteiger partial charge in [0.25, 0.3) is 0 Å². The normalized spacial score (nSPS) is 25.4. The molecule has 0 radical (unpaired) electrons. The lowest BCUT2D eigenvalue weighted by Crippen LogP contribution is -2.33. The number of carbonyl (C=O) groups is 1. The second-order valence-electron chi connectivity index (χ2n) is 4.02. The zero-order valence-corrected chi connectivity index (χ0v) is 8.54. The molecular formula is C11H16O3. The van der Waals surface area contributed by atoms with Crippen LogP contribution in [0.15, 0.2) is 11.6 Å². The highest BCUT2D eigenvalue weighted by atomic mass is 16.7. The molecule has 1 aliphatic heterocycles. The van der Waals surface area contributed by atoms with Crippen LogP contribution in [0.25, 0.3) is 0 Å². The number of hydrogen-bond donors (Lipinski definition) is 0. The first-order valence-electron chi connectivity index (χ1n) is 5.18. The number of allylic oxidation sites excluding steroid dienone is 2.